The molecule has 0 bridgehead atoms. The molecule has 2 amide bonds. The van der Waals surface area contributed by atoms with Crippen molar-refractivity contribution in [3.05, 3.63) is 46.0 Å². The summed E-state index contributed by atoms with van der Waals surface area (Å²) in [6.07, 6.45) is 2.79. The number of para-hydroxylation sites is 1. The van der Waals surface area contributed by atoms with Crippen molar-refractivity contribution in [1.29, 1.82) is 0 Å². The molecule has 0 atom stereocenters. The molecule has 1 aromatic carbocycles. The van der Waals surface area contributed by atoms with E-state index >= 15 is 0 Å². The van der Waals surface area contributed by atoms with Gasteiger partial charge in [-0.1, -0.05) is 12.1 Å². The lowest BCUT2D eigenvalue weighted by Crippen LogP contribution is -2.29. The summed E-state index contributed by atoms with van der Waals surface area (Å²) in [6, 6.07) is 6.13. The minimum atomic E-state index is -0.507. The van der Waals surface area contributed by atoms with Crippen molar-refractivity contribution in [2.75, 3.05) is 20.6 Å². The van der Waals surface area contributed by atoms with Crippen LogP contribution in [0.15, 0.2) is 30.3 Å². The Labute approximate surface area is 122 Å². The van der Waals surface area contributed by atoms with Crippen LogP contribution in [0.4, 0.5) is 5.69 Å². The van der Waals surface area contributed by atoms with Crippen LogP contribution >= 0.6 is 0 Å². The topological polar surface area (TPSA) is 92.6 Å². The smallest absolute Gasteiger partial charge is 0.276 e. The van der Waals surface area contributed by atoms with E-state index in [4.69, 9.17) is 0 Å². The third-order valence-corrected chi connectivity index (χ3v) is 2.68. The molecule has 0 radical (unpaired) electrons. The average Bonchev–Trinajstić information content (AvgIpc) is 2.45. The number of nitro benzene ring substituents is 1. The van der Waals surface area contributed by atoms with Crippen LogP contribution in [-0.2, 0) is 9.59 Å². The van der Waals surface area contributed by atoms with E-state index in [1.54, 1.807) is 32.3 Å². The van der Waals surface area contributed by atoms with Crippen LogP contribution in [0.3, 0.4) is 0 Å². The molecule has 0 fully saturated rings. The highest BCUT2D eigenvalue weighted by Gasteiger charge is 2.09. The first kappa shape index (κ1) is 16.4. The van der Waals surface area contributed by atoms with Gasteiger partial charge < -0.3 is 10.2 Å². The maximum atomic E-state index is 11.6. The number of rotatable bonds is 6. The van der Waals surface area contributed by atoms with Gasteiger partial charge in [0, 0.05) is 39.2 Å². The normalized spacial score (nSPS) is 10.4. The van der Waals surface area contributed by atoms with Gasteiger partial charge in [0.2, 0.25) is 11.8 Å². The Morgan fingerprint density at radius 1 is 1.33 bits per heavy atom. The second-order valence-corrected chi connectivity index (χ2v) is 4.48. The van der Waals surface area contributed by atoms with E-state index < -0.39 is 10.8 Å². The van der Waals surface area contributed by atoms with Crippen LogP contribution in [0.5, 0.6) is 0 Å². The summed E-state index contributed by atoms with van der Waals surface area (Å²) >= 11 is 0. The SMILES string of the molecule is CN(C)C(=O)CCNC(=O)/C=C\c1ccccc1[N+](=O)[O-]. The minimum absolute atomic E-state index is 0.0654. The summed E-state index contributed by atoms with van der Waals surface area (Å²) in [6.45, 7) is 0.219. The Kier molecular flexibility index (Phi) is 6.06. The van der Waals surface area contributed by atoms with Crippen LogP contribution in [0.2, 0.25) is 0 Å². The van der Waals surface area contributed by atoms with Crippen molar-refractivity contribution in [3.8, 4) is 0 Å². The first-order valence-electron chi connectivity index (χ1n) is 6.31. The summed E-state index contributed by atoms with van der Waals surface area (Å²) in [5.74, 6) is -0.488. The summed E-state index contributed by atoms with van der Waals surface area (Å²) in [4.78, 5) is 34.6. The second kappa shape index (κ2) is 7.78. The number of carbonyl (C=O) groups excluding carboxylic acids is 2. The molecule has 0 aromatic heterocycles. The second-order valence-electron chi connectivity index (χ2n) is 4.48. The lowest BCUT2D eigenvalue weighted by atomic mass is 10.1. The lowest BCUT2D eigenvalue weighted by molar-refractivity contribution is -0.385. The summed E-state index contributed by atoms with van der Waals surface area (Å²) in [7, 11) is 3.27. The molecular weight excluding hydrogens is 274 g/mol. The number of nitro groups is 1. The van der Waals surface area contributed by atoms with Gasteiger partial charge in [-0.15, -0.1) is 0 Å². The maximum Gasteiger partial charge on any atom is 0.276 e. The molecule has 1 aromatic rings. The Balaban J connectivity index is 2.55. The zero-order valence-electron chi connectivity index (χ0n) is 11.9. The van der Waals surface area contributed by atoms with Gasteiger partial charge in [0.1, 0.15) is 0 Å². The number of hydrogen-bond acceptors (Lipinski definition) is 4. The molecule has 1 N–H and O–H groups in total. The van der Waals surface area contributed by atoms with E-state index in [0.717, 1.165) is 0 Å². The Morgan fingerprint density at radius 3 is 2.62 bits per heavy atom. The molecule has 0 aliphatic carbocycles. The zero-order chi connectivity index (χ0) is 15.8. The highest BCUT2D eigenvalue weighted by atomic mass is 16.6. The van der Waals surface area contributed by atoms with E-state index in [1.165, 1.54) is 23.1 Å². The molecule has 0 aliphatic rings. The molecule has 0 spiro atoms. The van der Waals surface area contributed by atoms with Crippen LogP contribution in [0.25, 0.3) is 6.08 Å². The first-order chi connectivity index (χ1) is 9.91. The molecule has 7 nitrogen and oxygen atoms in total. The Hall–Kier alpha value is -2.70. The minimum Gasteiger partial charge on any atom is -0.352 e. The molecule has 0 aliphatic heterocycles. The molecule has 1 rings (SSSR count). The molecular formula is C14H17N3O4. The quantitative estimate of drug-likeness (QED) is 0.484. The Bertz CT molecular complexity index is 567. The zero-order valence-corrected chi connectivity index (χ0v) is 11.9. The van der Waals surface area contributed by atoms with Gasteiger partial charge >= 0.3 is 0 Å². The van der Waals surface area contributed by atoms with E-state index in [2.05, 4.69) is 5.32 Å². The van der Waals surface area contributed by atoms with Gasteiger partial charge in [-0.25, -0.2) is 0 Å². The molecule has 0 saturated carbocycles. The van der Waals surface area contributed by atoms with Gasteiger partial charge in [-0.2, -0.15) is 0 Å². The lowest BCUT2D eigenvalue weighted by Gasteiger charge is -2.09. The number of amides is 2. The predicted molar refractivity (Wildman–Crippen MR) is 78.5 cm³/mol. The average molecular weight is 291 g/mol. The summed E-state index contributed by atoms with van der Waals surface area (Å²) in [5.41, 5.74) is 0.284. The number of benzene rings is 1. The highest BCUT2D eigenvalue weighted by Crippen LogP contribution is 2.18. The monoisotopic (exact) mass is 291 g/mol. The van der Waals surface area contributed by atoms with Crippen LogP contribution in [0, 0.1) is 10.1 Å². The fourth-order valence-corrected chi connectivity index (χ4v) is 1.54. The van der Waals surface area contributed by atoms with Crippen molar-refractivity contribution in [2.45, 2.75) is 6.42 Å². The number of carbonyl (C=O) groups is 2. The van der Waals surface area contributed by atoms with E-state index in [1.807, 2.05) is 0 Å². The van der Waals surface area contributed by atoms with Crippen molar-refractivity contribution in [1.82, 2.24) is 10.2 Å². The van der Waals surface area contributed by atoms with Gasteiger partial charge in [-0.3, -0.25) is 19.7 Å². The van der Waals surface area contributed by atoms with Gasteiger partial charge in [0.25, 0.3) is 5.69 Å². The van der Waals surface area contributed by atoms with Crippen molar-refractivity contribution >= 4 is 23.6 Å². The predicted octanol–water partition coefficient (Wildman–Crippen LogP) is 1.20. The standard InChI is InChI=1S/C14H17N3O4/c1-16(2)14(19)9-10-15-13(18)8-7-11-5-3-4-6-12(11)17(20)21/h3-8H,9-10H2,1-2H3,(H,15,18)/b8-7-. The molecule has 7 heteroatoms. The van der Waals surface area contributed by atoms with Crippen molar-refractivity contribution in [3.63, 3.8) is 0 Å². The van der Waals surface area contributed by atoms with Crippen LogP contribution in [0.1, 0.15) is 12.0 Å². The third-order valence-electron chi connectivity index (χ3n) is 2.68. The summed E-state index contributed by atoms with van der Waals surface area (Å²) < 4.78 is 0. The van der Waals surface area contributed by atoms with Crippen molar-refractivity contribution < 1.29 is 14.5 Å². The van der Waals surface area contributed by atoms with Crippen molar-refractivity contribution in [2.24, 2.45) is 0 Å². The molecule has 112 valence electrons. The van der Waals surface area contributed by atoms with E-state index in [9.17, 15) is 19.7 Å². The van der Waals surface area contributed by atoms with E-state index in [0.29, 0.717) is 5.56 Å². The third kappa shape index (κ3) is 5.43. The fraction of sp³-hybridized carbons (Fsp3) is 0.286. The first-order valence-corrected chi connectivity index (χ1v) is 6.31. The van der Waals surface area contributed by atoms with Crippen LogP contribution < -0.4 is 5.32 Å². The van der Waals surface area contributed by atoms with Crippen LogP contribution in [-0.4, -0.2) is 42.3 Å². The maximum absolute atomic E-state index is 11.6. The molecule has 0 heterocycles. The molecule has 0 saturated heterocycles. The Morgan fingerprint density at radius 2 is 2.00 bits per heavy atom. The molecule has 21 heavy (non-hydrogen) atoms. The number of nitrogens with zero attached hydrogens (tertiary/aromatic N) is 2. The number of hydrogen-bond donors (Lipinski definition) is 1. The summed E-state index contributed by atoms with van der Waals surface area (Å²) in [5, 5.41) is 13.4. The van der Waals surface area contributed by atoms with Gasteiger partial charge in [-0.05, 0) is 12.1 Å². The highest BCUT2D eigenvalue weighted by molar-refractivity contribution is 5.92. The number of nitrogens with one attached hydrogen (secondary N) is 1. The largest absolute Gasteiger partial charge is 0.352 e. The fourth-order valence-electron chi connectivity index (χ4n) is 1.54. The van der Waals surface area contributed by atoms with Gasteiger partial charge in [0.05, 0.1) is 10.5 Å². The molecule has 0 unspecified atom stereocenters. The van der Waals surface area contributed by atoms with Gasteiger partial charge in [0.15, 0.2) is 0 Å². The van der Waals surface area contributed by atoms with E-state index in [-0.39, 0.29) is 24.6 Å².